The summed E-state index contributed by atoms with van der Waals surface area (Å²) < 4.78 is 25.5. The Bertz CT molecular complexity index is 1140. The number of halogens is 1. The minimum Gasteiger partial charge on any atom is -0.497 e. The van der Waals surface area contributed by atoms with Crippen LogP contribution in [0.2, 0.25) is 0 Å². The number of methoxy groups -OCH3 is 1. The lowest BCUT2D eigenvalue weighted by molar-refractivity contribution is -0.0588. The number of β-amino-alcohol motifs (C(OH)–C–C–N with tert-alkyl or cyclic N) is 1. The van der Waals surface area contributed by atoms with Gasteiger partial charge in [-0.05, 0) is 50.1 Å². The first-order chi connectivity index (χ1) is 15.4. The van der Waals surface area contributed by atoms with Gasteiger partial charge in [-0.25, -0.2) is 4.39 Å². The van der Waals surface area contributed by atoms with Gasteiger partial charge in [0.15, 0.2) is 0 Å². The lowest BCUT2D eigenvalue weighted by Gasteiger charge is -2.46. The third-order valence-electron chi connectivity index (χ3n) is 7.00. The standard InChI is InChI=1S/C25H29FN2O4/c1-15-24(19-11-16(26)3-6-20(19)27-15)22(30)14-28-9-7-25(8-10-28)13-21(29)18-5-4-17(31-2)12-23(18)32-25/h3-6,11-12,21-22,27,29-30H,7-10,13-14H2,1-2H3/t21-,22-/m0/s1. The second-order valence-electron chi connectivity index (χ2n) is 9.08. The molecule has 0 amide bonds. The van der Waals surface area contributed by atoms with Gasteiger partial charge in [-0.1, -0.05) is 0 Å². The van der Waals surface area contributed by atoms with Gasteiger partial charge in [-0.2, -0.15) is 0 Å². The molecule has 1 saturated heterocycles. The molecule has 0 bridgehead atoms. The van der Waals surface area contributed by atoms with E-state index in [1.165, 1.54) is 12.1 Å². The number of hydrogen-bond acceptors (Lipinski definition) is 5. The Morgan fingerprint density at radius 3 is 2.78 bits per heavy atom. The maximum absolute atomic E-state index is 13.8. The van der Waals surface area contributed by atoms with E-state index in [0.717, 1.165) is 53.7 Å². The highest BCUT2D eigenvalue weighted by Gasteiger charge is 2.43. The highest BCUT2D eigenvalue weighted by molar-refractivity contribution is 5.85. The van der Waals surface area contributed by atoms with Crippen LogP contribution in [0.25, 0.3) is 10.9 Å². The van der Waals surface area contributed by atoms with Crippen LogP contribution in [0.5, 0.6) is 11.5 Å². The summed E-state index contributed by atoms with van der Waals surface area (Å²) in [6.07, 6.45) is 0.793. The Kier molecular flexibility index (Phi) is 5.35. The molecule has 0 unspecified atom stereocenters. The summed E-state index contributed by atoms with van der Waals surface area (Å²) in [5, 5.41) is 22.4. The summed E-state index contributed by atoms with van der Waals surface area (Å²) in [6, 6.07) is 10.2. The van der Waals surface area contributed by atoms with E-state index in [9.17, 15) is 14.6 Å². The largest absolute Gasteiger partial charge is 0.497 e. The van der Waals surface area contributed by atoms with Crippen LogP contribution in [0.3, 0.4) is 0 Å². The number of benzene rings is 2. The van der Waals surface area contributed by atoms with E-state index in [-0.39, 0.29) is 5.82 Å². The van der Waals surface area contributed by atoms with Crippen molar-refractivity contribution in [3.8, 4) is 11.5 Å². The molecule has 5 rings (SSSR count). The number of aliphatic hydroxyl groups is 2. The number of aromatic nitrogens is 1. The van der Waals surface area contributed by atoms with Gasteiger partial charge in [0.05, 0.1) is 19.3 Å². The Labute approximate surface area is 186 Å². The number of nitrogens with one attached hydrogen (secondary N) is 1. The molecule has 1 spiro atoms. The second-order valence-corrected chi connectivity index (χ2v) is 9.08. The average Bonchev–Trinajstić information content (AvgIpc) is 3.10. The zero-order valence-corrected chi connectivity index (χ0v) is 18.4. The summed E-state index contributed by atoms with van der Waals surface area (Å²) in [6.45, 7) is 3.87. The number of nitrogens with zero attached hydrogens (tertiary/aromatic N) is 1. The van der Waals surface area contributed by atoms with Crippen molar-refractivity contribution in [3.63, 3.8) is 0 Å². The molecule has 1 fully saturated rings. The number of aliphatic hydroxyl groups excluding tert-OH is 2. The van der Waals surface area contributed by atoms with Crippen LogP contribution in [-0.4, -0.2) is 52.4 Å². The molecule has 170 valence electrons. The third kappa shape index (κ3) is 3.74. The SMILES string of the molecule is COc1ccc2c(c1)OC1(CCN(C[C@H](O)c3c(C)[nH]c4ccc(F)cc34)CC1)C[C@@H]2O. The summed E-state index contributed by atoms with van der Waals surface area (Å²) in [4.78, 5) is 5.45. The third-order valence-corrected chi connectivity index (χ3v) is 7.00. The minimum atomic E-state index is -0.720. The average molecular weight is 441 g/mol. The topological polar surface area (TPSA) is 78.0 Å². The van der Waals surface area contributed by atoms with Crippen LogP contribution in [-0.2, 0) is 0 Å². The summed E-state index contributed by atoms with van der Waals surface area (Å²) in [7, 11) is 1.62. The van der Waals surface area contributed by atoms with Crippen LogP contribution < -0.4 is 9.47 Å². The molecule has 0 saturated carbocycles. The van der Waals surface area contributed by atoms with Gasteiger partial charge in [0.25, 0.3) is 0 Å². The fourth-order valence-corrected chi connectivity index (χ4v) is 5.28. The van der Waals surface area contributed by atoms with Gasteiger partial charge in [0.1, 0.15) is 22.9 Å². The van der Waals surface area contributed by atoms with Gasteiger partial charge in [-0.15, -0.1) is 0 Å². The first-order valence-electron chi connectivity index (χ1n) is 11.1. The Balaban J connectivity index is 1.28. The van der Waals surface area contributed by atoms with E-state index in [1.54, 1.807) is 13.2 Å². The van der Waals surface area contributed by atoms with Crippen molar-refractivity contribution in [2.75, 3.05) is 26.7 Å². The molecular formula is C25H29FN2O4. The number of likely N-dealkylation sites (tertiary alicyclic amines) is 1. The van der Waals surface area contributed by atoms with Crippen molar-refractivity contribution < 1.29 is 24.1 Å². The number of H-pyrrole nitrogens is 1. The number of hydrogen-bond donors (Lipinski definition) is 3. The zero-order chi connectivity index (χ0) is 22.5. The van der Waals surface area contributed by atoms with Crippen molar-refractivity contribution in [1.29, 1.82) is 0 Å². The van der Waals surface area contributed by atoms with E-state index in [0.29, 0.717) is 24.5 Å². The Morgan fingerprint density at radius 1 is 1.25 bits per heavy atom. The second kappa shape index (κ2) is 8.06. The molecule has 2 aliphatic heterocycles. The predicted octanol–water partition coefficient (Wildman–Crippen LogP) is 4.01. The number of fused-ring (bicyclic) bond motifs is 2. The van der Waals surface area contributed by atoms with Gasteiger partial charge in [0, 0.05) is 59.8 Å². The number of piperidine rings is 1. The molecule has 3 heterocycles. The molecule has 1 aromatic heterocycles. The van der Waals surface area contributed by atoms with Crippen molar-refractivity contribution in [1.82, 2.24) is 9.88 Å². The maximum atomic E-state index is 13.8. The van der Waals surface area contributed by atoms with Crippen molar-refractivity contribution in [2.45, 2.75) is 44.0 Å². The first-order valence-corrected chi connectivity index (χ1v) is 11.1. The van der Waals surface area contributed by atoms with Crippen LogP contribution in [0, 0.1) is 12.7 Å². The molecule has 3 aromatic rings. The molecule has 6 nitrogen and oxygen atoms in total. The molecule has 3 N–H and O–H groups in total. The minimum absolute atomic E-state index is 0.310. The molecule has 2 aromatic carbocycles. The van der Waals surface area contributed by atoms with Crippen LogP contribution in [0.4, 0.5) is 4.39 Å². The van der Waals surface area contributed by atoms with Crippen LogP contribution in [0.15, 0.2) is 36.4 Å². The lowest BCUT2D eigenvalue weighted by Crippen LogP contribution is -2.51. The van der Waals surface area contributed by atoms with Gasteiger partial charge in [0.2, 0.25) is 0 Å². The van der Waals surface area contributed by atoms with Crippen molar-refractivity contribution in [3.05, 3.63) is 59.0 Å². The van der Waals surface area contributed by atoms with Crippen molar-refractivity contribution in [2.24, 2.45) is 0 Å². The maximum Gasteiger partial charge on any atom is 0.129 e. The molecular weight excluding hydrogens is 411 g/mol. The summed E-state index contributed by atoms with van der Waals surface area (Å²) in [5.41, 5.74) is 2.83. The fourth-order valence-electron chi connectivity index (χ4n) is 5.28. The van der Waals surface area contributed by atoms with E-state index in [4.69, 9.17) is 9.47 Å². The van der Waals surface area contributed by atoms with E-state index in [2.05, 4.69) is 9.88 Å². The Morgan fingerprint density at radius 2 is 2.03 bits per heavy atom. The van der Waals surface area contributed by atoms with Gasteiger partial charge in [-0.3, -0.25) is 0 Å². The van der Waals surface area contributed by atoms with Crippen molar-refractivity contribution >= 4 is 10.9 Å². The quantitative estimate of drug-likeness (QED) is 0.572. The highest BCUT2D eigenvalue weighted by Crippen LogP contribution is 2.45. The normalized spacial score (nSPS) is 21.3. The monoisotopic (exact) mass is 440 g/mol. The van der Waals surface area contributed by atoms with E-state index in [1.807, 2.05) is 25.1 Å². The predicted molar refractivity (Wildman–Crippen MR) is 120 cm³/mol. The highest BCUT2D eigenvalue weighted by atomic mass is 19.1. The smallest absolute Gasteiger partial charge is 0.129 e. The van der Waals surface area contributed by atoms with E-state index < -0.39 is 17.8 Å². The first kappa shape index (κ1) is 21.2. The van der Waals surface area contributed by atoms with Crippen LogP contribution in [0.1, 0.15) is 48.3 Å². The molecule has 0 radical (unpaired) electrons. The fraction of sp³-hybridized carbons (Fsp3) is 0.440. The Hall–Kier alpha value is -2.61. The molecule has 32 heavy (non-hydrogen) atoms. The van der Waals surface area contributed by atoms with Gasteiger partial charge >= 0.3 is 0 Å². The lowest BCUT2D eigenvalue weighted by atomic mass is 9.81. The summed E-state index contributed by atoms with van der Waals surface area (Å²) >= 11 is 0. The molecule has 0 aliphatic carbocycles. The molecule has 2 aliphatic rings. The zero-order valence-electron chi connectivity index (χ0n) is 18.4. The number of ether oxygens (including phenoxy) is 2. The van der Waals surface area contributed by atoms with Gasteiger partial charge < -0.3 is 29.6 Å². The van der Waals surface area contributed by atoms with Crippen LogP contribution >= 0.6 is 0 Å². The summed E-state index contributed by atoms with van der Waals surface area (Å²) in [5.74, 6) is 1.09. The number of aromatic amines is 1. The number of rotatable bonds is 4. The number of aryl methyl sites for hydroxylation is 1. The molecule has 7 heteroatoms. The molecule has 2 atom stereocenters. The van der Waals surface area contributed by atoms with E-state index >= 15 is 0 Å².